The van der Waals surface area contributed by atoms with Gasteiger partial charge in [-0.1, -0.05) is 5.21 Å². The Morgan fingerprint density at radius 3 is 2.78 bits per heavy atom. The third kappa shape index (κ3) is 1.54. The molecule has 27 heavy (non-hydrogen) atoms. The molecule has 0 saturated carbocycles. The van der Waals surface area contributed by atoms with Gasteiger partial charge in [0.25, 0.3) is 0 Å². The molecule has 0 fully saturated rings. The van der Waals surface area contributed by atoms with Gasteiger partial charge in [0.1, 0.15) is 11.0 Å². The van der Waals surface area contributed by atoms with Crippen LogP contribution in [-0.2, 0) is 6.42 Å². The molecule has 5 aromatic rings. The van der Waals surface area contributed by atoms with Crippen LogP contribution in [0, 0.1) is 0 Å². The fourth-order valence-electron chi connectivity index (χ4n) is 4.58. The molecule has 0 radical (unpaired) electrons. The Hall–Kier alpha value is -3.48. The summed E-state index contributed by atoms with van der Waals surface area (Å²) in [6.45, 7) is 0.195. The number of nitrogens with zero attached hydrogens (tertiary/aromatic N) is 4. The number of hydrogen-bond acceptors (Lipinski definition) is 6. The lowest BCUT2D eigenvalue weighted by atomic mass is 9.88. The normalized spacial score (nSPS) is 16.2. The minimum Gasteiger partial charge on any atom is -0.454 e. The number of rotatable bonds is 0. The molecule has 1 aliphatic heterocycles. The van der Waals surface area contributed by atoms with Crippen molar-refractivity contribution in [2.24, 2.45) is 0 Å². The van der Waals surface area contributed by atoms with Crippen molar-refractivity contribution < 1.29 is 14.3 Å². The number of hydrogen-bond donors (Lipinski definition) is 0. The molecule has 0 unspecified atom stereocenters. The van der Waals surface area contributed by atoms with Crippen LogP contribution in [0.3, 0.4) is 0 Å². The molecule has 0 atom stereocenters. The molecule has 4 heterocycles. The maximum atomic E-state index is 12.9. The van der Waals surface area contributed by atoms with Crippen molar-refractivity contribution in [3.8, 4) is 11.5 Å². The number of ether oxygens (including phenoxy) is 2. The molecule has 0 bridgehead atoms. The van der Waals surface area contributed by atoms with Gasteiger partial charge < -0.3 is 9.47 Å². The first-order chi connectivity index (χ1) is 13.3. The van der Waals surface area contributed by atoms with E-state index in [9.17, 15) is 4.79 Å². The summed E-state index contributed by atoms with van der Waals surface area (Å²) in [7, 11) is 0. The van der Waals surface area contributed by atoms with E-state index in [4.69, 9.17) is 14.5 Å². The van der Waals surface area contributed by atoms with E-state index in [2.05, 4.69) is 10.3 Å². The minimum absolute atomic E-state index is 0.155. The molecule has 0 amide bonds. The van der Waals surface area contributed by atoms with Crippen LogP contribution in [0.4, 0.5) is 0 Å². The average Bonchev–Trinajstić information content (AvgIpc) is 3.32. The molecule has 0 N–H and O–H groups in total. The van der Waals surface area contributed by atoms with E-state index in [1.54, 1.807) is 0 Å². The number of carbonyl (C=O) groups is 1. The fraction of sp³-hybridized carbons (Fsp3) is 0.200. The average molecular weight is 356 g/mol. The van der Waals surface area contributed by atoms with Crippen molar-refractivity contribution in [3.05, 3.63) is 35.5 Å². The van der Waals surface area contributed by atoms with Gasteiger partial charge in [0.2, 0.25) is 6.79 Å². The third-order valence-corrected chi connectivity index (χ3v) is 5.72. The molecular formula is C20H12N4O3. The van der Waals surface area contributed by atoms with E-state index in [0.717, 1.165) is 62.3 Å². The Morgan fingerprint density at radius 1 is 1.00 bits per heavy atom. The smallest absolute Gasteiger partial charge is 0.231 e. The maximum absolute atomic E-state index is 12.9. The SMILES string of the molecule is O=C1CCCc2nc3ccc4nnn5c6cc7c(cc6c(c21)c3c45)OCO7. The van der Waals surface area contributed by atoms with Crippen molar-refractivity contribution in [3.63, 3.8) is 0 Å². The predicted octanol–water partition coefficient (Wildman–Crippen LogP) is 3.27. The number of carbonyl (C=O) groups excluding carboxylic acids is 1. The van der Waals surface area contributed by atoms with Crippen LogP contribution in [-0.4, -0.2) is 32.4 Å². The summed E-state index contributed by atoms with van der Waals surface area (Å²) in [5, 5.41) is 11.5. The second-order valence-electron chi connectivity index (χ2n) is 7.14. The zero-order chi connectivity index (χ0) is 17.7. The van der Waals surface area contributed by atoms with Gasteiger partial charge in [-0.15, -0.1) is 5.10 Å². The summed E-state index contributed by atoms with van der Waals surface area (Å²) in [6, 6.07) is 7.79. The van der Waals surface area contributed by atoms with E-state index in [1.165, 1.54) is 0 Å². The van der Waals surface area contributed by atoms with Gasteiger partial charge in [-0.25, -0.2) is 4.52 Å². The van der Waals surface area contributed by atoms with E-state index in [0.29, 0.717) is 17.9 Å². The lowest BCUT2D eigenvalue weighted by molar-refractivity contribution is 0.0973. The van der Waals surface area contributed by atoms with Crippen molar-refractivity contribution in [2.75, 3.05) is 6.79 Å². The Kier molecular flexibility index (Phi) is 2.25. The number of aromatic nitrogens is 4. The van der Waals surface area contributed by atoms with Crippen LogP contribution < -0.4 is 9.47 Å². The first-order valence-corrected chi connectivity index (χ1v) is 8.98. The lowest BCUT2D eigenvalue weighted by Crippen LogP contribution is -2.14. The molecule has 1 aliphatic carbocycles. The summed E-state index contributed by atoms with van der Waals surface area (Å²) in [5.74, 6) is 1.52. The van der Waals surface area contributed by atoms with Gasteiger partial charge in [0.15, 0.2) is 17.3 Å². The van der Waals surface area contributed by atoms with Crippen LogP contribution in [0.25, 0.3) is 38.2 Å². The van der Waals surface area contributed by atoms with Crippen molar-refractivity contribution in [1.82, 2.24) is 19.8 Å². The van der Waals surface area contributed by atoms with Gasteiger partial charge in [0.05, 0.1) is 16.7 Å². The van der Waals surface area contributed by atoms with Crippen molar-refractivity contribution in [1.29, 1.82) is 0 Å². The summed E-state index contributed by atoms with van der Waals surface area (Å²) in [4.78, 5) is 17.7. The van der Waals surface area contributed by atoms with Crippen molar-refractivity contribution >= 4 is 44.0 Å². The van der Waals surface area contributed by atoms with E-state index >= 15 is 0 Å². The van der Waals surface area contributed by atoms with Gasteiger partial charge >= 0.3 is 0 Å². The molecule has 2 aromatic carbocycles. The molecule has 0 spiro atoms. The molecule has 7 heteroatoms. The number of aryl methyl sites for hydroxylation is 1. The second kappa shape index (κ2) is 4.43. The van der Waals surface area contributed by atoms with E-state index in [1.807, 2.05) is 28.8 Å². The molecule has 2 aliphatic rings. The number of Topliss-reactive ketones (excluding diaryl/α,β-unsaturated/α-hetero) is 1. The van der Waals surface area contributed by atoms with Gasteiger partial charge in [-0.3, -0.25) is 9.78 Å². The lowest BCUT2D eigenvalue weighted by Gasteiger charge is -2.19. The first kappa shape index (κ1) is 13.7. The fourth-order valence-corrected chi connectivity index (χ4v) is 4.58. The molecule has 3 aromatic heterocycles. The molecule has 0 saturated heterocycles. The second-order valence-corrected chi connectivity index (χ2v) is 7.14. The zero-order valence-corrected chi connectivity index (χ0v) is 14.2. The summed E-state index contributed by atoms with van der Waals surface area (Å²) in [6.07, 6.45) is 2.22. The maximum Gasteiger partial charge on any atom is 0.231 e. The quantitative estimate of drug-likeness (QED) is 0.313. The molecule has 7 rings (SSSR count). The van der Waals surface area contributed by atoms with Gasteiger partial charge in [0, 0.05) is 34.2 Å². The largest absolute Gasteiger partial charge is 0.454 e. The highest BCUT2D eigenvalue weighted by Gasteiger charge is 2.28. The Labute approximate surface area is 151 Å². The monoisotopic (exact) mass is 356 g/mol. The molecule has 7 nitrogen and oxygen atoms in total. The Bertz CT molecular complexity index is 1450. The topological polar surface area (TPSA) is 78.6 Å². The summed E-state index contributed by atoms with van der Waals surface area (Å²) < 4.78 is 13.0. The summed E-state index contributed by atoms with van der Waals surface area (Å²) in [5.41, 5.74) is 5.04. The Morgan fingerprint density at radius 2 is 1.85 bits per heavy atom. The Balaban J connectivity index is 1.85. The highest BCUT2D eigenvalue weighted by Crippen LogP contribution is 2.43. The van der Waals surface area contributed by atoms with Crippen LogP contribution in [0.2, 0.25) is 0 Å². The predicted molar refractivity (Wildman–Crippen MR) is 97.9 cm³/mol. The van der Waals surface area contributed by atoms with E-state index < -0.39 is 0 Å². The van der Waals surface area contributed by atoms with Gasteiger partial charge in [-0.2, -0.15) is 0 Å². The van der Waals surface area contributed by atoms with Crippen LogP contribution >= 0.6 is 0 Å². The third-order valence-electron chi connectivity index (χ3n) is 5.72. The minimum atomic E-state index is 0.155. The highest BCUT2D eigenvalue weighted by molar-refractivity contribution is 6.28. The van der Waals surface area contributed by atoms with Crippen LogP contribution in [0.5, 0.6) is 11.5 Å². The van der Waals surface area contributed by atoms with E-state index in [-0.39, 0.29) is 12.6 Å². The number of fused-ring (bicyclic) bond motifs is 6. The van der Waals surface area contributed by atoms with Crippen molar-refractivity contribution in [2.45, 2.75) is 19.3 Å². The molecular weight excluding hydrogens is 344 g/mol. The summed E-state index contributed by atoms with van der Waals surface area (Å²) >= 11 is 0. The highest BCUT2D eigenvalue weighted by atomic mass is 16.7. The standard InChI is InChI=1S/C20H12N4O3/c25-14-3-1-2-10-18(14)17-9-6-15-16(27-8-26-15)7-13(9)24-20-12(22-23-24)5-4-11(21-10)19(17)20/h4-7H,1-3,8H2. The zero-order valence-electron chi connectivity index (χ0n) is 14.2. The number of ketones is 1. The number of pyridine rings is 2. The van der Waals surface area contributed by atoms with Crippen LogP contribution in [0.1, 0.15) is 28.9 Å². The van der Waals surface area contributed by atoms with Crippen LogP contribution in [0.15, 0.2) is 24.3 Å². The number of benzene rings is 2. The first-order valence-electron chi connectivity index (χ1n) is 8.98. The van der Waals surface area contributed by atoms with Gasteiger partial charge in [-0.05, 0) is 31.0 Å². The molecule has 130 valence electrons.